The van der Waals surface area contributed by atoms with E-state index in [0.717, 1.165) is 16.7 Å². The highest BCUT2D eigenvalue weighted by molar-refractivity contribution is 6.05. The second-order valence-electron chi connectivity index (χ2n) is 7.64. The predicted molar refractivity (Wildman–Crippen MR) is 119 cm³/mol. The second kappa shape index (κ2) is 8.02. The number of fused-ring (bicyclic) bond motifs is 1. The molecular weight excluding hydrogens is 394 g/mol. The van der Waals surface area contributed by atoms with Crippen molar-refractivity contribution >= 4 is 28.4 Å². The first-order valence-corrected chi connectivity index (χ1v) is 9.90. The van der Waals surface area contributed by atoms with Crippen molar-refractivity contribution < 1.29 is 14.1 Å². The average Bonchev–Trinajstić information content (AvgIpc) is 3.17. The fourth-order valence-electron chi connectivity index (χ4n) is 3.39. The van der Waals surface area contributed by atoms with Crippen molar-refractivity contribution in [3.63, 3.8) is 0 Å². The van der Waals surface area contributed by atoms with Crippen LogP contribution >= 0.6 is 0 Å². The van der Waals surface area contributed by atoms with Crippen LogP contribution < -0.4 is 5.32 Å². The summed E-state index contributed by atoms with van der Waals surface area (Å²) >= 11 is 0. The molecule has 0 aliphatic rings. The summed E-state index contributed by atoms with van der Waals surface area (Å²) < 4.78 is 5.87. The van der Waals surface area contributed by atoms with Gasteiger partial charge in [0.05, 0.1) is 4.92 Å². The number of amides is 1. The molecule has 0 fully saturated rings. The number of rotatable bonds is 5. The van der Waals surface area contributed by atoms with E-state index < -0.39 is 10.8 Å². The molecule has 1 heterocycles. The van der Waals surface area contributed by atoms with Crippen LogP contribution in [0.1, 0.15) is 41.3 Å². The molecule has 1 N–H and O–H groups in total. The second-order valence-corrected chi connectivity index (χ2v) is 7.64. The van der Waals surface area contributed by atoms with Crippen LogP contribution in [0.3, 0.4) is 0 Å². The first-order valence-electron chi connectivity index (χ1n) is 9.90. The van der Waals surface area contributed by atoms with Crippen molar-refractivity contribution in [1.29, 1.82) is 0 Å². The molecular formula is C24H21N3O4. The van der Waals surface area contributed by atoms with Crippen LogP contribution in [0.2, 0.25) is 0 Å². The molecule has 3 aromatic carbocycles. The highest BCUT2D eigenvalue weighted by atomic mass is 16.6. The van der Waals surface area contributed by atoms with Crippen molar-refractivity contribution in [2.45, 2.75) is 26.7 Å². The Hall–Kier alpha value is -4.00. The van der Waals surface area contributed by atoms with Gasteiger partial charge in [-0.1, -0.05) is 26.0 Å². The van der Waals surface area contributed by atoms with Gasteiger partial charge < -0.3 is 9.73 Å². The number of carbonyl (C=O) groups is 1. The summed E-state index contributed by atoms with van der Waals surface area (Å²) in [7, 11) is 0. The van der Waals surface area contributed by atoms with Gasteiger partial charge in [-0.2, -0.15) is 0 Å². The maximum Gasteiger partial charge on any atom is 0.273 e. The van der Waals surface area contributed by atoms with Gasteiger partial charge in [0, 0.05) is 28.4 Å². The van der Waals surface area contributed by atoms with Crippen LogP contribution in [0.4, 0.5) is 11.4 Å². The van der Waals surface area contributed by atoms with Gasteiger partial charge in [0.2, 0.25) is 5.89 Å². The summed E-state index contributed by atoms with van der Waals surface area (Å²) in [5.41, 5.74) is 4.58. The molecule has 0 radical (unpaired) electrons. The Bertz CT molecular complexity index is 1290. The molecule has 4 aromatic rings. The number of aromatic nitrogens is 1. The summed E-state index contributed by atoms with van der Waals surface area (Å²) in [6, 6.07) is 17.6. The third kappa shape index (κ3) is 4.02. The number of hydrogen-bond donors (Lipinski definition) is 1. The standard InChI is InChI=1S/C24H21N3O4/c1-14(2)17-9-12-22-20(13-17)26-24(31-22)16-7-10-18(11-8-16)25-23(28)19-5-4-6-21(15(19)3)27(29)30/h4-14H,1-3H3,(H,25,28). The van der Waals surface area contributed by atoms with E-state index in [1.807, 2.05) is 30.3 Å². The number of carbonyl (C=O) groups excluding carboxylic acids is 1. The van der Waals surface area contributed by atoms with Gasteiger partial charge in [-0.05, 0) is 60.9 Å². The van der Waals surface area contributed by atoms with Crippen molar-refractivity contribution in [1.82, 2.24) is 4.98 Å². The monoisotopic (exact) mass is 415 g/mol. The lowest BCUT2D eigenvalue weighted by Gasteiger charge is -2.08. The quantitative estimate of drug-likeness (QED) is 0.314. The fraction of sp³-hybridized carbons (Fsp3) is 0.167. The van der Waals surface area contributed by atoms with Gasteiger partial charge >= 0.3 is 0 Å². The smallest absolute Gasteiger partial charge is 0.273 e. The van der Waals surface area contributed by atoms with Gasteiger partial charge in [0.25, 0.3) is 11.6 Å². The Morgan fingerprint density at radius 2 is 1.84 bits per heavy atom. The van der Waals surface area contributed by atoms with E-state index in [2.05, 4.69) is 24.1 Å². The SMILES string of the molecule is Cc1c(C(=O)Nc2ccc(-c3nc4cc(C(C)C)ccc4o3)cc2)cccc1[N+](=O)[O-]. The minimum absolute atomic E-state index is 0.0837. The predicted octanol–water partition coefficient (Wildman–Crippen LogP) is 6.09. The molecule has 4 rings (SSSR count). The van der Waals surface area contributed by atoms with Crippen LogP contribution in [-0.2, 0) is 0 Å². The van der Waals surface area contributed by atoms with E-state index in [0.29, 0.717) is 23.1 Å². The maximum atomic E-state index is 12.6. The maximum absolute atomic E-state index is 12.6. The molecule has 0 atom stereocenters. The van der Waals surface area contributed by atoms with Crippen molar-refractivity contribution in [2.24, 2.45) is 0 Å². The number of anilines is 1. The molecule has 7 nitrogen and oxygen atoms in total. The van der Waals surface area contributed by atoms with Crippen LogP contribution in [0.25, 0.3) is 22.6 Å². The topological polar surface area (TPSA) is 98.3 Å². The lowest BCUT2D eigenvalue weighted by molar-refractivity contribution is -0.385. The van der Waals surface area contributed by atoms with Gasteiger partial charge in [0.1, 0.15) is 5.52 Å². The van der Waals surface area contributed by atoms with E-state index >= 15 is 0 Å². The number of oxazole rings is 1. The molecule has 1 amide bonds. The third-order valence-corrected chi connectivity index (χ3v) is 5.21. The highest BCUT2D eigenvalue weighted by Gasteiger charge is 2.18. The zero-order valence-corrected chi connectivity index (χ0v) is 17.4. The Balaban J connectivity index is 1.55. The van der Waals surface area contributed by atoms with Crippen molar-refractivity contribution in [3.05, 3.63) is 87.5 Å². The van der Waals surface area contributed by atoms with E-state index in [1.165, 1.54) is 17.7 Å². The van der Waals surface area contributed by atoms with Gasteiger partial charge in [-0.25, -0.2) is 4.98 Å². The molecule has 1 aromatic heterocycles. The number of hydrogen-bond acceptors (Lipinski definition) is 5. The molecule has 156 valence electrons. The molecule has 0 aliphatic carbocycles. The summed E-state index contributed by atoms with van der Waals surface area (Å²) in [6.45, 7) is 5.82. The molecule has 0 spiro atoms. The van der Waals surface area contributed by atoms with Gasteiger partial charge in [-0.15, -0.1) is 0 Å². The zero-order valence-electron chi connectivity index (χ0n) is 17.4. The number of benzene rings is 3. The summed E-state index contributed by atoms with van der Waals surface area (Å²) in [5, 5.41) is 13.9. The van der Waals surface area contributed by atoms with Crippen LogP contribution in [0.15, 0.2) is 65.1 Å². The number of nitrogens with one attached hydrogen (secondary N) is 1. The molecule has 7 heteroatoms. The Kier molecular flexibility index (Phi) is 5.25. The molecule has 0 bridgehead atoms. The molecule has 0 unspecified atom stereocenters. The molecule has 0 saturated heterocycles. The minimum atomic E-state index is -0.495. The first-order chi connectivity index (χ1) is 14.8. The van der Waals surface area contributed by atoms with Crippen molar-refractivity contribution in [3.8, 4) is 11.5 Å². The first kappa shape index (κ1) is 20.3. The number of nitro benzene ring substituents is 1. The van der Waals surface area contributed by atoms with Crippen LogP contribution in [-0.4, -0.2) is 15.8 Å². The van der Waals surface area contributed by atoms with Gasteiger partial charge in [0.15, 0.2) is 5.58 Å². The van der Waals surface area contributed by atoms with E-state index in [9.17, 15) is 14.9 Å². The Labute approximate surface area is 178 Å². The van der Waals surface area contributed by atoms with Gasteiger partial charge in [-0.3, -0.25) is 14.9 Å². The lowest BCUT2D eigenvalue weighted by atomic mass is 10.0. The minimum Gasteiger partial charge on any atom is -0.436 e. The molecule has 0 aliphatic heterocycles. The van der Waals surface area contributed by atoms with Crippen molar-refractivity contribution in [2.75, 3.05) is 5.32 Å². The fourth-order valence-corrected chi connectivity index (χ4v) is 3.39. The normalized spacial score (nSPS) is 11.1. The van der Waals surface area contributed by atoms with E-state index in [-0.39, 0.29) is 11.3 Å². The summed E-state index contributed by atoms with van der Waals surface area (Å²) in [4.78, 5) is 27.8. The molecule has 0 saturated carbocycles. The lowest BCUT2D eigenvalue weighted by Crippen LogP contribution is -2.14. The average molecular weight is 415 g/mol. The number of nitrogens with zero attached hydrogens (tertiary/aromatic N) is 2. The van der Waals surface area contributed by atoms with E-state index in [1.54, 1.807) is 25.1 Å². The summed E-state index contributed by atoms with van der Waals surface area (Å²) in [6.07, 6.45) is 0. The Morgan fingerprint density at radius 3 is 2.52 bits per heavy atom. The van der Waals surface area contributed by atoms with Crippen LogP contribution in [0, 0.1) is 17.0 Å². The molecule has 31 heavy (non-hydrogen) atoms. The zero-order chi connectivity index (χ0) is 22.1. The van der Waals surface area contributed by atoms with Crippen LogP contribution in [0.5, 0.6) is 0 Å². The third-order valence-electron chi connectivity index (χ3n) is 5.21. The number of nitro groups is 1. The van der Waals surface area contributed by atoms with E-state index in [4.69, 9.17) is 4.42 Å². The largest absolute Gasteiger partial charge is 0.436 e. The Morgan fingerprint density at radius 1 is 1.10 bits per heavy atom. The highest BCUT2D eigenvalue weighted by Crippen LogP contribution is 2.28. The summed E-state index contributed by atoms with van der Waals surface area (Å²) in [5.74, 6) is 0.502.